The van der Waals surface area contributed by atoms with Crippen molar-refractivity contribution in [1.29, 1.82) is 0 Å². The van der Waals surface area contributed by atoms with Gasteiger partial charge in [-0.3, -0.25) is 4.90 Å². The molecule has 2 aromatic rings. The highest BCUT2D eigenvalue weighted by Crippen LogP contribution is 2.32. The SMILES string of the molecule is O=S(=O)(NCC#CCN1CCc2ccccc2C1)c1ccc2c(c1)OCCO2. The van der Waals surface area contributed by atoms with Crippen LogP contribution in [0.3, 0.4) is 0 Å². The lowest BCUT2D eigenvalue weighted by Crippen LogP contribution is -2.31. The summed E-state index contributed by atoms with van der Waals surface area (Å²) in [7, 11) is -3.64. The standard InChI is InChI=1S/C21H22N2O4S/c24-28(25,19-7-8-20-21(15-19)27-14-13-26-20)22-10-3-4-11-23-12-9-17-5-1-2-6-18(17)16-23/h1-2,5-8,15,22H,9-14,16H2. The molecule has 4 rings (SSSR count). The van der Waals surface area contributed by atoms with Gasteiger partial charge in [-0.15, -0.1) is 0 Å². The third kappa shape index (κ3) is 4.30. The molecular formula is C21H22N2O4S. The van der Waals surface area contributed by atoms with Crippen LogP contribution in [0.25, 0.3) is 0 Å². The fourth-order valence-electron chi connectivity index (χ4n) is 3.32. The number of fused-ring (bicyclic) bond motifs is 2. The van der Waals surface area contributed by atoms with Gasteiger partial charge in [0.1, 0.15) is 13.2 Å². The first-order valence-electron chi connectivity index (χ1n) is 9.26. The van der Waals surface area contributed by atoms with Gasteiger partial charge in [0.15, 0.2) is 11.5 Å². The molecule has 0 fully saturated rings. The Morgan fingerprint density at radius 3 is 2.64 bits per heavy atom. The number of nitrogens with one attached hydrogen (secondary N) is 1. The number of sulfonamides is 1. The molecule has 0 aliphatic carbocycles. The summed E-state index contributed by atoms with van der Waals surface area (Å²) in [6, 6.07) is 13.1. The van der Waals surface area contributed by atoms with Gasteiger partial charge in [0.25, 0.3) is 0 Å². The van der Waals surface area contributed by atoms with E-state index in [9.17, 15) is 8.42 Å². The van der Waals surface area contributed by atoms with Crippen molar-refractivity contribution >= 4 is 10.0 Å². The van der Waals surface area contributed by atoms with Crippen molar-refractivity contribution < 1.29 is 17.9 Å². The summed E-state index contributed by atoms with van der Waals surface area (Å²) in [4.78, 5) is 2.41. The molecule has 7 heteroatoms. The molecule has 0 bridgehead atoms. The summed E-state index contributed by atoms with van der Waals surface area (Å²) in [5, 5.41) is 0. The van der Waals surface area contributed by atoms with E-state index in [0.717, 1.165) is 19.5 Å². The maximum Gasteiger partial charge on any atom is 0.241 e. The zero-order valence-electron chi connectivity index (χ0n) is 15.5. The first-order valence-corrected chi connectivity index (χ1v) is 10.7. The lowest BCUT2D eigenvalue weighted by molar-refractivity contribution is 0.171. The normalized spacial score (nSPS) is 16.0. The Morgan fingerprint density at radius 1 is 1.00 bits per heavy atom. The fraction of sp³-hybridized carbons (Fsp3) is 0.333. The second-order valence-corrected chi connectivity index (χ2v) is 8.48. The second kappa shape index (κ2) is 8.23. The molecule has 0 spiro atoms. The topological polar surface area (TPSA) is 67.9 Å². The third-order valence-electron chi connectivity index (χ3n) is 4.81. The molecule has 0 saturated heterocycles. The highest BCUT2D eigenvalue weighted by Gasteiger charge is 2.19. The molecule has 0 amide bonds. The van der Waals surface area contributed by atoms with E-state index in [-0.39, 0.29) is 11.4 Å². The molecule has 2 aromatic carbocycles. The van der Waals surface area contributed by atoms with E-state index in [2.05, 4.69) is 45.7 Å². The van der Waals surface area contributed by atoms with Crippen molar-refractivity contribution in [3.63, 3.8) is 0 Å². The number of nitrogens with zero attached hydrogens (tertiary/aromatic N) is 1. The van der Waals surface area contributed by atoms with Crippen LogP contribution in [0.1, 0.15) is 11.1 Å². The van der Waals surface area contributed by atoms with Gasteiger partial charge in [0.2, 0.25) is 10.0 Å². The average Bonchev–Trinajstić information content (AvgIpc) is 2.73. The molecule has 0 saturated carbocycles. The summed E-state index contributed by atoms with van der Waals surface area (Å²) in [6.07, 6.45) is 1.02. The first kappa shape index (κ1) is 18.8. The smallest absolute Gasteiger partial charge is 0.241 e. The molecule has 0 aromatic heterocycles. The van der Waals surface area contributed by atoms with Crippen LogP contribution in [0.2, 0.25) is 0 Å². The molecule has 0 atom stereocenters. The summed E-state index contributed by atoms with van der Waals surface area (Å²) in [6.45, 7) is 3.43. The van der Waals surface area contributed by atoms with E-state index < -0.39 is 10.0 Å². The van der Waals surface area contributed by atoms with E-state index >= 15 is 0 Å². The zero-order chi connectivity index (χ0) is 19.4. The number of benzene rings is 2. The minimum Gasteiger partial charge on any atom is -0.486 e. The van der Waals surface area contributed by atoms with E-state index in [1.807, 2.05) is 0 Å². The summed E-state index contributed by atoms with van der Waals surface area (Å²) in [5.41, 5.74) is 2.74. The Morgan fingerprint density at radius 2 is 1.79 bits per heavy atom. The number of rotatable bonds is 4. The molecule has 2 aliphatic heterocycles. The monoisotopic (exact) mass is 398 g/mol. The zero-order valence-corrected chi connectivity index (χ0v) is 16.3. The van der Waals surface area contributed by atoms with Crippen LogP contribution in [-0.2, 0) is 23.0 Å². The van der Waals surface area contributed by atoms with Gasteiger partial charge in [-0.2, -0.15) is 4.72 Å². The largest absolute Gasteiger partial charge is 0.486 e. The highest BCUT2D eigenvalue weighted by molar-refractivity contribution is 7.89. The molecule has 6 nitrogen and oxygen atoms in total. The van der Waals surface area contributed by atoms with Crippen LogP contribution in [-0.4, -0.2) is 46.2 Å². The second-order valence-electron chi connectivity index (χ2n) is 6.71. The maximum absolute atomic E-state index is 12.4. The Hall–Kier alpha value is -2.53. The average molecular weight is 398 g/mol. The van der Waals surface area contributed by atoms with Gasteiger partial charge in [-0.05, 0) is 29.7 Å². The van der Waals surface area contributed by atoms with Crippen molar-refractivity contribution in [1.82, 2.24) is 9.62 Å². The Kier molecular flexibility index (Phi) is 5.53. The minimum atomic E-state index is -3.64. The Balaban J connectivity index is 1.31. The molecule has 0 radical (unpaired) electrons. The van der Waals surface area contributed by atoms with Gasteiger partial charge >= 0.3 is 0 Å². The first-order chi connectivity index (χ1) is 13.6. The molecular weight excluding hydrogens is 376 g/mol. The van der Waals surface area contributed by atoms with Crippen molar-refractivity contribution in [3.8, 4) is 23.3 Å². The Labute approximate surface area is 165 Å². The van der Waals surface area contributed by atoms with E-state index in [1.165, 1.54) is 23.3 Å². The van der Waals surface area contributed by atoms with Crippen molar-refractivity contribution in [2.75, 3.05) is 32.8 Å². The summed E-state index contributed by atoms with van der Waals surface area (Å²) in [5.74, 6) is 6.98. The van der Waals surface area contributed by atoms with Crippen molar-refractivity contribution in [2.45, 2.75) is 17.9 Å². The van der Waals surface area contributed by atoms with Crippen LogP contribution >= 0.6 is 0 Å². The predicted octanol–water partition coefficient (Wildman–Crippen LogP) is 1.80. The minimum absolute atomic E-state index is 0.0706. The van der Waals surface area contributed by atoms with Gasteiger partial charge in [0.05, 0.1) is 18.0 Å². The van der Waals surface area contributed by atoms with Gasteiger partial charge < -0.3 is 9.47 Å². The Bertz CT molecular complexity index is 1020. The van der Waals surface area contributed by atoms with Gasteiger partial charge in [0, 0.05) is 19.2 Å². The van der Waals surface area contributed by atoms with E-state index in [1.54, 1.807) is 6.07 Å². The van der Waals surface area contributed by atoms with Crippen molar-refractivity contribution in [2.24, 2.45) is 0 Å². The van der Waals surface area contributed by atoms with E-state index in [4.69, 9.17) is 9.47 Å². The number of ether oxygens (including phenoxy) is 2. The highest BCUT2D eigenvalue weighted by atomic mass is 32.2. The summed E-state index contributed by atoms with van der Waals surface area (Å²) < 4.78 is 38.2. The van der Waals surface area contributed by atoms with Crippen LogP contribution in [0.15, 0.2) is 47.4 Å². The van der Waals surface area contributed by atoms with Crippen LogP contribution in [0.4, 0.5) is 0 Å². The van der Waals surface area contributed by atoms with E-state index in [0.29, 0.717) is 31.3 Å². The third-order valence-corrected chi connectivity index (χ3v) is 6.21. The predicted molar refractivity (Wildman–Crippen MR) is 106 cm³/mol. The summed E-state index contributed by atoms with van der Waals surface area (Å²) >= 11 is 0. The molecule has 146 valence electrons. The number of hydrogen-bond acceptors (Lipinski definition) is 5. The maximum atomic E-state index is 12.4. The lowest BCUT2D eigenvalue weighted by Gasteiger charge is -2.26. The quantitative estimate of drug-likeness (QED) is 0.796. The van der Waals surface area contributed by atoms with Gasteiger partial charge in [-0.1, -0.05) is 36.1 Å². The lowest BCUT2D eigenvalue weighted by atomic mass is 10.0. The van der Waals surface area contributed by atoms with Gasteiger partial charge in [-0.25, -0.2) is 8.42 Å². The molecule has 0 unspecified atom stereocenters. The number of hydrogen-bond donors (Lipinski definition) is 1. The fourth-order valence-corrected chi connectivity index (χ4v) is 4.26. The molecule has 1 N–H and O–H groups in total. The van der Waals surface area contributed by atoms with Crippen LogP contribution in [0, 0.1) is 11.8 Å². The molecule has 2 aliphatic rings. The molecule has 2 heterocycles. The molecule has 28 heavy (non-hydrogen) atoms. The van der Waals surface area contributed by atoms with Crippen LogP contribution < -0.4 is 14.2 Å². The van der Waals surface area contributed by atoms with Crippen molar-refractivity contribution in [3.05, 3.63) is 53.6 Å². The van der Waals surface area contributed by atoms with Crippen LogP contribution in [0.5, 0.6) is 11.5 Å².